The van der Waals surface area contributed by atoms with Gasteiger partial charge in [0, 0.05) is 26.2 Å². The first kappa shape index (κ1) is 18.0. The molecule has 120 valence electrons. The molecule has 1 fully saturated rings. The van der Waals surface area contributed by atoms with Gasteiger partial charge in [0.05, 0.1) is 12.7 Å². The molecular formula is C13H17ClF4N2O. The van der Waals surface area contributed by atoms with E-state index in [0.717, 1.165) is 6.07 Å². The lowest BCUT2D eigenvalue weighted by Crippen LogP contribution is -2.49. The number of nitrogens with zero attached hydrogens (tertiary/aromatic N) is 1. The van der Waals surface area contributed by atoms with Gasteiger partial charge in [0.25, 0.3) is 0 Å². The summed E-state index contributed by atoms with van der Waals surface area (Å²) < 4.78 is 59.1. The lowest BCUT2D eigenvalue weighted by molar-refractivity contribution is -0.189. The van der Waals surface area contributed by atoms with Crippen LogP contribution < -0.4 is 10.1 Å². The molecule has 1 atom stereocenters. The molecule has 1 aromatic rings. The Morgan fingerprint density at radius 3 is 2.38 bits per heavy atom. The molecule has 0 radical (unpaired) electrons. The van der Waals surface area contributed by atoms with Crippen LogP contribution in [0, 0.1) is 5.82 Å². The molecule has 0 aromatic heterocycles. The van der Waals surface area contributed by atoms with Gasteiger partial charge in [-0.1, -0.05) is 6.07 Å². The van der Waals surface area contributed by atoms with E-state index in [-0.39, 0.29) is 31.2 Å². The Morgan fingerprint density at radius 2 is 1.86 bits per heavy atom. The van der Waals surface area contributed by atoms with Gasteiger partial charge in [0.2, 0.25) is 0 Å². The first-order chi connectivity index (χ1) is 9.45. The molecule has 0 unspecified atom stereocenters. The Bertz CT molecular complexity index is 464. The standard InChI is InChI=1S/C13H16F4N2O.ClH/c1-20-10-4-2-3-9(14)11(10)12(13(15,16)17)19-7-5-18-6-8-19;/h2-4,12,18H,5-8H2,1H3;1H/t12-;/m0./s1. The zero-order valence-electron chi connectivity index (χ0n) is 11.4. The van der Waals surface area contributed by atoms with Crippen LogP contribution in [0.25, 0.3) is 0 Å². The van der Waals surface area contributed by atoms with E-state index in [1.165, 1.54) is 24.1 Å². The minimum atomic E-state index is -4.56. The Kier molecular flexibility index (Phi) is 6.24. The van der Waals surface area contributed by atoms with E-state index in [1.807, 2.05) is 0 Å². The summed E-state index contributed by atoms with van der Waals surface area (Å²) in [4.78, 5) is 1.23. The number of benzene rings is 1. The molecule has 1 saturated heterocycles. The Morgan fingerprint density at radius 1 is 1.24 bits per heavy atom. The van der Waals surface area contributed by atoms with Gasteiger partial charge in [-0.15, -0.1) is 12.4 Å². The van der Waals surface area contributed by atoms with E-state index in [2.05, 4.69) is 5.32 Å². The van der Waals surface area contributed by atoms with Gasteiger partial charge in [-0.05, 0) is 12.1 Å². The van der Waals surface area contributed by atoms with E-state index in [4.69, 9.17) is 4.74 Å². The molecule has 21 heavy (non-hydrogen) atoms. The molecule has 1 aliphatic rings. The first-order valence-electron chi connectivity index (χ1n) is 6.29. The summed E-state index contributed by atoms with van der Waals surface area (Å²) in [5.74, 6) is -0.976. The quantitative estimate of drug-likeness (QED) is 0.864. The molecule has 0 spiro atoms. The normalized spacial score (nSPS) is 18.0. The summed E-state index contributed by atoms with van der Waals surface area (Å²) in [5.41, 5.74) is -0.440. The van der Waals surface area contributed by atoms with Gasteiger partial charge in [-0.3, -0.25) is 4.90 Å². The van der Waals surface area contributed by atoms with Crippen LogP contribution in [0.3, 0.4) is 0 Å². The van der Waals surface area contributed by atoms with E-state index >= 15 is 0 Å². The van der Waals surface area contributed by atoms with Crippen molar-refractivity contribution in [2.45, 2.75) is 12.2 Å². The highest BCUT2D eigenvalue weighted by atomic mass is 35.5. The van der Waals surface area contributed by atoms with Crippen molar-refractivity contribution >= 4 is 12.4 Å². The number of ether oxygens (including phenoxy) is 1. The number of nitrogens with one attached hydrogen (secondary N) is 1. The molecule has 1 heterocycles. The van der Waals surface area contributed by atoms with Crippen LogP contribution >= 0.6 is 12.4 Å². The minimum absolute atomic E-state index is 0. The van der Waals surface area contributed by atoms with Gasteiger partial charge in [-0.25, -0.2) is 4.39 Å². The number of hydrogen-bond acceptors (Lipinski definition) is 3. The van der Waals surface area contributed by atoms with Gasteiger partial charge >= 0.3 is 6.18 Å². The molecule has 0 amide bonds. The fourth-order valence-electron chi connectivity index (χ4n) is 2.45. The molecule has 1 aliphatic heterocycles. The van der Waals surface area contributed by atoms with E-state index in [0.29, 0.717) is 13.1 Å². The van der Waals surface area contributed by atoms with Crippen LogP contribution in [-0.2, 0) is 0 Å². The number of alkyl halides is 3. The number of methoxy groups -OCH3 is 1. The summed E-state index contributed by atoms with van der Waals surface area (Å²) in [6, 6.07) is 1.72. The second-order valence-corrected chi connectivity index (χ2v) is 4.59. The predicted octanol–water partition coefficient (Wildman–Crippen LogP) is 2.76. The molecule has 0 bridgehead atoms. The third kappa shape index (κ3) is 3.99. The van der Waals surface area contributed by atoms with Crippen LogP contribution in [-0.4, -0.2) is 44.4 Å². The van der Waals surface area contributed by atoms with Gasteiger partial charge < -0.3 is 10.1 Å². The number of rotatable bonds is 3. The Balaban J connectivity index is 0.00000220. The third-order valence-electron chi connectivity index (χ3n) is 3.33. The highest BCUT2D eigenvalue weighted by Gasteiger charge is 2.47. The predicted molar refractivity (Wildman–Crippen MR) is 73.4 cm³/mol. The van der Waals surface area contributed by atoms with Crippen molar-refractivity contribution in [3.63, 3.8) is 0 Å². The lowest BCUT2D eigenvalue weighted by Gasteiger charge is -2.36. The van der Waals surface area contributed by atoms with Crippen molar-refractivity contribution in [3.05, 3.63) is 29.6 Å². The highest BCUT2D eigenvalue weighted by Crippen LogP contribution is 2.42. The molecule has 0 aliphatic carbocycles. The fraction of sp³-hybridized carbons (Fsp3) is 0.538. The van der Waals surface area contributed by atoms with Crippen LogP contribution in [0.1, 0.15) is 11.6 Å². The van der Waals surface area contributed by atoms with Gasteiger partial charge in [-0.2, -0.15) is 13.2 Å². The third-order valence-corrected chi connectivity index (χ3v) is 3.33. The van der Waals surface area contributed by atoms with Crippen molar-refractivity contribution < 1.29 is 22.3 Å². The van der Waals surface area contributed by atoms with Crippen molar-refractivity contribution in [1.82, 2.24) is 10.2 Å². The second-order valence-electron chi connectivity index (χ2n) is 4.59. The lowest BCUT2D eigenvalue weighted by atomic mass is 10.0. The fourth-order valence-corrected chi connectivity index (χ4v) is 2.45. The maximum Gasteiger partial charge on any atom is 0.408 e. The van der Waals surface area contributed by atoms with Crippen molar-refractivity contribution in [3.8, 4) is 5.75 Å². The number of hydrogen-bond donors (Lipinski definition) is 1. The number of halogens is 5. The maximum absolute atomic E-state index is 14.0. The van der Waals surface area contributed by atoms with Gasteiger partial charge in [0.1, 0.15) is 17.6 Å². The minimum Gasteiger partial charge on any atom is -0.496 e. The molecule has 3 nitrogen and oxygen atoms in total. The average molecular weight is 329 g/mol. The number of piperazine rings is 1. The van der Waals surface area contributed by atoms with Crippen molar-refractivity contribution in [2.24, 2.45) is 0 Å². The molecule has 1 aromatic carbocycles. The maximum atomic E-state index is 14.0. The monoisotopic (exact) mass is 328 g/mol. The van der Waals surface area contributed by atoms with Crippen LogP contribution in [0.2, 0.25) is 0 Å². The molecular weight excluding hydrogens is 312 g/mol. The summed E-state index contributed by atoms with van der Waals surface area (Å²) in [7, 11) is 1.24. The topological polar surface area (TPSA) is 24.5 Å². The van der Waals surface area contributed by atoms with Crippen LogP contribution in [0.15, 0.2) is 18.2 Å². The Hall–Kier alpha value is -1.05. The second kappa shape index (κ2) is 7.29. The molecule has 8 heteroatoms. The molecule has 0 saturated carbocycles. The summed E-state index contributed by atoms with van der Waals surface area (Å²) in [6.45, 7) is 1.32. The SMILES string of the molecule is COc1cccc(F)c1[C@H](N1CCNCC1)C(F)(F)F.Cl. The summed E-state index contributed by atoms with van der Waals surface area (Å²) >= 11 is 0. The average Bonchev–Trinajstić information content (AvgIpc) is 2.40. The Labute approximate surface area is 126 Å². The summed E-state index contributed by atoms with van der Waals surface area (Å²) in [5, 5.41) is 2.98. The first-order valence-corrected chi connectivity index (χ1v) is 6.29. The zero-order chi connectivity index (χ0) is 14.8. The zero-order valence-corrected chi connectivity index (χ0v) is 12.2. The van der Waals surface area contributed by atoms with Crippen molar-refractivity contribution in [1.29, 1.82) is 0 Å². The smallest absolute Gasteiger partial charge is 0.408 e. The van der Waals surface area contributed by atoms with Crippen LogP contribution in [0.4, 0.5) is 17.6 Å². The van der Waals surface area contributed by atoms with E-state index in [1.54, 1.807) is 0 Å². The highest BCUT2D eigenvalue weighted by molar-refractivity contribution is 5.85. The van der Waals surface area contributed by atoms with E-state index in [9.17, 15) is 17.6 Å². The molecule has 2 rings (SSSR count). The largest absolute Gasteiger partial charge is 0.496 e. The molecule has 1 N–H and O–H groups in total. The van der Waals surface area contributed by atoms with Gasteiger partial charge in [0.15, 0.2) is 0 Å². The van der Waals surface area contributed by atoms with Crippen LogP contribution in [0.5, 0.6) is 5.75 Å². The van der Waals surface area contributed by atoms with Crippen molar-refractivity contribution in [2.75, 3.05) is 33.3 Å². The van der Waals surface area contributed by atoms with E-state index < -0.39 is 23.6 Å². The summed E-state index contributed by atoms with van der Waals surface area (Å²) in [6.07, 6.45) is -4.56.